The van der Waals surface area contributed by atoms with Gasteiger partial charge in [-0.15, -0.1) is 0 Å². The molecule has 1 amide bonds. The van der Waals surface area contributed by atoms with Crippen molar-refractivity contribution in [3.05, 3.63) is 66.2 Å². The molecule has 6 heteroatoms. The smallest absolute Gasteiger partial charge is 0.219 e. The van der Waals surface area contributed by atoms with Gasteiger partial charge in [-0.3, -0.25) is 14.8 Å². The second-order valence-electron chi connectivity index (χ2n) is 7.20. The molecule has 148 valence electrons. The second-order valence-corrected chi connectivity index (χ2v) is 7.20. The van der Waals surface area contributed by atoms with Gasteiger partial charge in [0.05, 0.1) is 24.7 Å². The molecule has 3 heterocycles. The average Bonchev–Trinajstić information content (AvgIpc) is 3.24. The van der Waals surface area contributed by atoms with Crippen LogP contribution in [0.15, 0.2) is 54.9 Å². The van der Waals surface area contributed by atoms with Crippen molar-refractivity contribution in [2.45, 2.75) is 19.3 Å². The molecule has 0 saturated carbocycles. The van der Waals surface area contributed by atoms with E-state index in [1.807, 2.05) is 29.3 Å². The lowest BCUT2D eigenvalue weighted by Gasteiger charge is -2.18. The molecular formula is C23H22FN3O2. The zero-order valence-electron chi connectivity index (χ0n) is 16.4. The Hall–Kier alpha value is -3.28. The number of benzene rings is 1. The molecule has 0 aliphatic carbocycles. The monoisotopic (exact) mass is 391 g/mol. The normalized spacial score (nSPS) is 16.1. The van der Waals surface area contributed by atoms with Crippen LogP contribution in [0, 0.1) is 5.82 Å². The van der Waals surface area contributed by atoms with Gasteiger partial charge in [0, 0.05) is 43.3 Å². The number of pyridine rings is 2. The van der Waals surface area contributed by atoms with Gasteiger partial charge in [-0.1, -0.05) is 0 Å². The van der Waals surface area contributed by atoms with E-state index in [0.29, 0.717) is 12.3 Å². The maximum Gasteiger partial charge on any atom is 0.219 e. The summed E-state index contributed by atoms with van der Waals surface area (Å²) in [4.78, 5) is 22.8. The number of aromatic nitrogens is 2. The fourth-order valence-electron chi connectivity index (χ4n) is 3.75. The average molecular weight is 391 g/mol. The quantitative estimate of drug-likeness (QED) is 0.666. The third-order valence-electron chi connectivity index (χ3n) is 5.40. The summed E-state index contributed by atoms with van der Waals surface area (Å²) < 4.78 is 18.5. The standard InChI is InChI=1S/C23H22FN3O2/c1-15(28)27-10-9-17(14-27)21-13-26-23(16-3-5-18(24)6-4-16)11-20(21)22-8-7-19(29-2)12-25-22/h3-8,11-13,17H,9-10,14H2,1-2H3. The lowest BCUT2D eigenvalue weighted by atomic mass is 9.92. The van der Waals surface area contributed by atoms with Crippen LogP contribution in [-0.4, -0.2) is 41.0 Å². The molecule has 1 aromatic carbocycles. The summed E-state index contributed by atoms with van der Waals surface area (Å²) in [5.74, 6) is 0.699. The van der Waals surface area contributed by atoms with E-state index in [2.05, 4.69) is 9.97 Å². The van der Waals surface area contributed by atoms with Crippen LogP contribution in [0.2, 0.25) is 0 Å². The molecule has 0 N–H and O–H groups in total. The van der Waals surface area contributed by atoms with E-state index in [9.17, 15) is 9.18 Å². The molecule has 1 aliphatic rings. The number of hydrogen-bond acceptors (Lipinski definition) is 4. The minimum atomic E-state index is -0.280. The SMILES string of the molecule is COc1ccc(-c2cc(-c3ccc(F)cc3)ncc2C2CCN(C(C)=O)C2)nc1. The van der Waals surface area contributed by atoms with E-state index in [0.717, 1.165) is 41.0 Å². The topological polar surface area (TPSA) is 55.3 Å². The number of carbonyl (C=O) groups is 1. The van der Waals surface area contributed by atoms with E-state index >= 15 is 0 Å². The number of rotatable bonds is 4. The number of ether oxygens (including phenoxy) is 1. The fraction of sp³-hybridized carbons (Fsp3) is 0.261. The number of nitrogens with zero attached hydrogens (tertiary/aromatic N) is 3. The number of carbonyl (C=O) groups excluding carboxylic acids is 1. The Morgan fingerprint density at radius 1 is 1.10 bits per heavy atom. The van der Waals surface area contributed by atoms with Crippen LogP contribution < -0.4 is 4.74 Å². The lowest BCUT2D eigenvalue weighted by molar-refractivity contribution is -0.127. The largest absolute Gasteiger partial charge is 0.495 e. The molecule has 1 saturated heterocycles. The third kappa shape index (κ3) is 3.97. The van der Waals surface area contributed by atoms with Crippen molar-refractivity contribution in [1.82, 2.24) is 14.9 Å². The number of halogens is 1. The van der Waals surface area contributed by atoms with Crippen LogP contribution in [0.4, 0.5) is 4.39 Å². The fourth-order valence-corrected chi connectivity index (χ4v) is 3.75. The first-order valence-corrected chi connectivity index (χ1v) is 9.57. The van der Waals surface area contributed by atoms with Crippen molar-refractivity contribution < 1.29 is 13.9 Å². The zero-order chi connectivity index (χ0) is 20.4. The summed E-state index contributed by atoms with van der Waals surface area (Å²) in [6.45, 7) is 3.02. The highest BCUT2D eigenvalue weighted by Crippen LogP contribution is 2.36. The van der Waals surface area contributed by atoms with Crippen LogP contribution >= 0.6 is 0 Å². The van der Waals surface area contributed by atoms with Gasteiger partial charge in [-0.05, 0) is 54.4 Å². The molecule has 3 aromatic rings. The Balaban J connectivity index is 1.77. The third-order valence-corrected chi connectivity index (χ3v) is 5.40. The number of amides is 1. The molecule has 1 atom stereocenters. The first kappa shape index (κ1) is 19.1. The summed E-state index contributed by atoms with van der Waals surface area (Å²) in [6, 6.07) is 12.1. The molecule has 4 rings (SSSR count). The molecule has 29 heavy (non-hydrogen) atoms. The van der Waals surface area contributed by atoms with E-state index in [1.165, 1.54) is 12.1 Å². The summed E-state index contributed by atoms with van der Waals surface area (Å²) in [5, 5.41) is 0. The van der Waals surface area contributed by atoms with Crippen molar-refractivity contribution in [3.8, 4) is 28.3 Å². The van der Waals surface area contributed by atoms with Crippen molar-refractivity contribution >= 4 is 5.91 Å². The Bertz CT molecular complexity index is 1020. The van der Waals surface area contributed by atoms with Crippen molar-refractivity contribution in [2.24, 2.45) is 0 Å². The molecule has 5 nitrogen and oxygen atoms in total. The molecular weight excluding hydrogens is 369 g/mol. The molecule has 1 unspecified atom stereocenters. The Labute approximate surface area is 169 Å². The maximum atomic E-state index is 13.3. The minimum Gasteiger partial charge on any atom is -0.495 e. The van der Waals surface area contributed by atoms with Gasteiger partial charge in [0.15, 0.2) is 0 Å². The van der Waals surface area contributed by atoms with Crippen molar-refractivity contribution in [2.75, 3.05) is 20.2 Å². The van der Waals surface area contributed by atoms with Crippen molar-refractivity contribution in [1.29, 1.82) is 0 Å². The molecule has 1 aliphatic heterocycles. The van der Waals surface area contributed by atoms with Crippen LogP contribution in [0.25, 0.3) is 22.5 Å². The minimum absolute atomic E-state index is 0.0903. The molecule has 0 spiro atoms. The first-order chi connectivity index (χ1) is 14.0. The van der Waals surface area contributed by atoms with Crippen LogP contribution in [0.3, 0.4) is 0 Å². The van der Waals surface area contributed by atoms with E-state index in [1.54, 1.807) is 32.4 Å². The van der Waals surface area contributed by atoms with Gasteiger partial charge < -0.3 is 9.64 Å². The number of likely N-dealkylation sites (tertiary alicyclic amines) is 1. The predicted molar refractivity (Wildman–Crippen MR) is 109 cm³/mol. The number of methoxy groups -OCH3 is 1. The van der Waals surface area contributed by atoms with Crippen LogP contribution in [0.5, 0.6) is 5.75 Å². The van der Waals surface area contributed by atoms with Gasteiger partial charge >= 0.3 is 0 Å². The highest BCUT2D eigenvalue weighted by Gasteiger charge is 2.28. The summed E-state index contributed by atoms with van der Waals surface area (Å²) in [5.41, 5.74) is 4.44. The number of hydrogen-bond donors (Lipinski definition) is 0. The Kier molecular flexibility index (Phi) is 5.25. The highest BCUT2D eigenvalue weighted by atomic mass is 19.1. The van der Waals surface area contributed by atoms with Crippen LogP contribution in [0.1, 0.15) is 24.8 Å². The van der Waals surface area contributed by atoms with Crippen molar-refractivity contribution in [3.63, 3.8) is 0 Å². The first-order valence-electron chi connectivity index (χ1n) is 9.57. The van der Waals surface area contributed by atoms with Gasteiger partial charge in [0.25, 0.3) is 0 Å². The lowest BCUT2D eigenvalue weighted by Crippen LogP contribution is -2.25. The molecule has 0 bridgehead atoms. The van der Waals surface area contributed by atoms with Gasteiger partial charge in [-0.2, -0.15) is 0 Å². The summed E-state index contributed by atoms with van der Waals surface area (Å²) >= 11 is 0. The zero-order valence-corrected chi connectivity index (χ0v) is 16.4. The predicted octanol–water partition coefficient (Wildman–Crippen LogP) is 4.29. The maximum absolute atomic E-state index is 13.3. The highest BCUT2D eigenvalue weighted by molar-refractivity contribution is 5.75. The summed E-state index contributed by atoms with van der Waals surface area (Å²) in [6.07, 6.45) is 4.45. The second kappa shape index (κ2) is 7.99. The van der Waals surface area contributed by atoms with E-state index in [-0.39, 0.29) is 17.6 Å². The van der Waals surface area contributed by atoms with Gasteiger partial charge in [0.2, 0.25) is 5.91 Å². The molecule has 1 fully saturated rings. The molecule has 0 radical (unpaired) electrons. The van der Waals surface area contributed by atoms with Gasteiger partial charge in [-0.25, -0.2) is 4.39 Å². The Morgan fingerprint density at radius 3 is 2.48 bits per heavy atom. The van der Waals surface area contributed by atoms with E-state index in [4.69, 9.17) is 4.74 Å². The van der Waals surface area contributed by atoms with Crippen LogP contribution in [-0.2, 0) is 4.79 Å². The van der Waals surface area contributed by atoms with Gasteiger partial charge in [0.1, 0.15) is 11.6 Å². The Morgan fingerprint density at radius 2 is 1.86 bits per heavy atom. The molecule has 2 aromatic heterocycles. The van der Waals surface area contributed by atoms with E-state index < -0.39 is 0 Å². The summed E-state index contributed by atoms with van der Waals surface area (Å²) in [7, 11) is 1.61.